The van der Waals surface area contributed by atoms with E-state index >= 15 is 0 Å². The Morgan fingerprint density at radius 2 is 2.22 bits per heavy atom. The molecule has 1 saturated heterocycles. The molecule has 9 nitrogen and oxygen atoms in total. The lowest BCUT2D eigenvalue weighted by Crippen LogP contribution is -2.53. The molecule has 0 unspecified atom stereocenters. The number of H-pyrrole nitrogens is 1. The van der Waals surface area contributed by atoms with Gasteiger partial charge < -0.3 is 29.4 Å². The Morgan fingerprint density at radius 1 is 1.34 bits per heavy atom. The van der Waals surface area contributed by atoms with E-state index in [0.717, 1.165) is 47.4 Å². The van der Waals surface area contributed by atoms with E-state index in [4.69, 9.17) is 9.26 Å². The van der Waals surface area contributed by atoms with Gasteiger partial charge in [-0.3, -0.25) is 4.79 Å². The van der Waals surface area contributed by atoms with Crippen LogP contribution in [0.25, 0.3) is 10.9 Å². The molecular weight excluding hydrogens is 410 g/mol. The van der Waals surface area contributed by atoms with Crippen LogP contribution in [-0.2, 0) is 17.9 Å². The summed E-state index contributed by atoms with van der Waals surface area (Å²) in [7, 11) is 0. The van der Waals surface area contributed by atoms with E-state index in [1.54, 1.807) is 13.0 Å². The lowest BCUT2D eigenvalue weighted by atomic mass is 10.0. The third kappa shape index (κ3) is 5.04. The Bertz CT molecular complexity index is 1060. The van der Waals surface area contributed by atoms with Crippen molar-refractivity contribution in [3.8, 4) is 5.75 Å². The van der Waals surface area contributed by atoms with E-state index in [-0.39, 0.29) is 18.0 Å². The monoisotopic (exact) mass is 439 g/mol. The molecule has 2 aromatic heterocycles. The van der Waals surface area contributed by atoms with Crippen LogP contribution >= 0.6 is 0 Å². The van der Waals surface area contributed by atoms with Gasteiger partial charge in [0.1, 0.15) is 24.3 Å². The highest BCUT2D eigenvalue weighted by Crippen LogP contribution is 2.22. The molecule has 0 saturated carbocycles. The number of carbonyl (C=O) groups excluding carboxylic acids is 2. The number of hydrogen-bond acceptors (Lipinski definition) is 5. The van der Waals surface area contributed by atoms with Crippen molar-refractivity contribution in [2.45, 2.75) is 45.9 Å². The van der Waals surface area contributed by atoms with Gasteiger partial charge in [-0.05, 0) is 43.4 Å². The molecule has 32 heavy (non-hydrogen) atoms. The smallest absolute Gasteiger partial charge is 0.318 e. The van der Waals surface area contributed by atoms with Crippen molar-refractivity contribution in [1.29, 1.82) is 0 Å². The zero-order chi connectivity index (χ0) is 22.5. The van der Waals surface area contributed by atoms with Crippen LogP contribution in [0.1, 0.15) is 38.1 Å². The number of nitrogens with zero attached hydrogens (tertiary/aromatic N) is 3. The second kappa shape index (κ2) is 9.76. The number of benzene rings is 1. The van der Waals surface area contributed by atoms with Crippen LogP contribution in [0.5, 0.6) is 5.75 Å². The quantitative estimate of drug-likeness (QED) is 0.588. The van der Waals surface area contributed by atoms with E-state index in [9.17, 15) is 9.59 Å². The van der Waals surface area contributed by atoms with Gasteiger partial charge in [-0.2, -0.15) is 0 Å². The van der Waals surface area contributed by atoms with Gasteiger partial charge in [-0.1, -0.05) is 5.16 Å². The lowest BCUT2D eigenvalue weighted by molar-refractivity contribution is -0.130. The summed E-state index contributed by atoms with van der Waals surface area (Å²) in [5.41, 5.74) is 2.57. The minimum absolute atomic E-state index is 0.0461. The van der Waals surface area contributed by atoms with Crippen LogP contribution in [0.4, 0.5) is 4.79 Å². The van der Waals surface area contributed by atoms with Crippen LogP contribution in [-0.4, -0.2) is 57.6 Å². The number of aromatic amines is 1. The normalized spacial score (nSPS) is 16.2. The topological polar surface area (TPSA) is 104 Å². The molecule has 2 N–H and O–H groups in total. The number of rotatable bonds is 7. The van der Waals surface area contributed by atoms with Gasteiger partial charge in [-0.25, -0.2) is 4.79 Å². The minimum Gasteiger partial charge on any atom is -0.487 e. The summed E-state index contributed by atoms with van der Waals surface area (Å²) in [5.74, 6) is 0.788. The summed E-state index contributed by atoms with van der Waals surface area (Å²) >= 11 is 0. The van der Waals surface area contributed by atoms with Crippen LogP contribution in [0.3, 0.4) is 0 Å². The number of likely N-dealkylation sites (tertiary alicyclic amines) is 1. The number of piperidine rings is 1. The average molecular weight is 440 g/mol. The van der Waals surface area contributed by atoms with E-state index < -0.39 is 0 Å². The zero-order valence-electron chi connectivity index (χ0n) is 18.5. The van der Waals surface area contributed by atoms with E-state index in [2.05, 4.69) is 15.5 Å². The summed E-state index contributed by atoms with van der Waals surface area (Å²) in [5, 5.41) is 7.89. The second-order valence-corrected chi connectivity index (χ2v) is 8.03. The van der Waals surface area contributed by atoms with Crippen molar-refractivity contribution in [3.05, 3.63) is 48.0 Å². The van der Waals surface area contributed by atoms with Crippen LogP contribution in [0.2, 0.25) is 0 Å². The van der Waals surface area contributed by atoms with Gasteiger partial charge in [0.15, 0.2) is 0 Å². The Hall–Kier alpha value is -3.49. The molecule has 0 aliphatic carbocycles. The number of fused-ring (bicyclic) bond motifs is 1. The maximum atomic E-state index is 12.9. The molecule has 3 aromatic rings. The fourth-order valence-corrected chi connectivity index (χ4v) is 4.16. The van der Waals surface area contributed by atoms with Crippen molar-refractivity contribution in [2.75, 3.05) is 19.6 Å². The number of amides is 3. The first-order valence-corrected chi connectivity index (χ1v) is 11.0. The number of hydrogen-bond donors (Lipinski definition) is 2. The number of carbonyl (C=O) groups is 2. The molecule has 3 amide bonds. The van der Waals surface area contributed by atoms with Gasteiger partial charge in [-0.15, -0.1) is 0 Å². The molecule has 170 valence electrons. The number of ether oxygens (including phenoxy) is 1. The molecule has 9 heteroatoms. The first kappa shape index (κ1) is 21.7. The summed E-state index contributed by atoms with van der Waals surface area (Å²) in [6, 6.07) is 9.53. The second-order valence-electron chi connectivity index (χ2n) is 8.03. The van der Waals surface area contributed by atoms with E-state index in [1.807, 2.05) is 41.0 Å². The van der Waals surface area contributed by atoms with Crippen LogP contribution in [0.15, 0.2) is 41.1 Å². The summed E-state index contributed by atoms with van der Waals surface area (Å²) in [6.45, 7) is 6.24. The molecule has 1 fully saturated rings. The summed E-state index contributed by atoms with van der Waals surface area (Å²) in [6.07, 6.45) is 3.34. The first-order valence-electron chi connectivity index (χ1n) is 11.0. The lowest BCUT2D eigenvalue weighted by Gasteiger charge is -2.38. The molecule has 1 aliphatic rings. The van der Waals surface area contributed by atoms with Crippen molar-refractivity contribution in [3.63, 3.8) is 0 Å². The molecule has 1 aromatic carbocycles. The fraction of sp³-hybridized carbons (Fsp3) is 0.435. The standard InChI is InChI=1S/C23H29N5O4/c1-3-28(20-5-4-9-27(14-20)16(2)29)23(30)24-13-19-11-17-6-7-21(12-22(17)25-19)31-15-18-8-10-32-26-18/h6-8,10-12,20,25H,3-5,9,13-15H2,1-2H3,(H,24,30)/t20-/m1/s1. The minimum atomic E-state index is -0.113. The molecular formula is C23H29N5O4. The van der Waals surface area contributed by atoms with Crippen molar-refractivity contribution < 1.29 is 18.8 Å². The maximum absolute atomic E-state index is 12.9. The Labute approximate surface area is 186 Å². The third-order valence-corrected chi connectivity index (χ3v) is 5.84. The number of nitrogens with one attached hydrogen (secondary N) is 2. The van der Waals surface area contributed by atoms with Gasteiger partial charge in [0, 0.05) is 49.9 Å². The predicted molar refractivity (Wildman–Crippen MR) is 119 cm³/mol. The van der Waals surface area contributed by atoms with Crippen molar-refractivity contribution >= 4 is 22.8 Å². The SMILES string of the molecule is CCN(C(=O)NCc1cc2ccc(OCc3ccon3)cc2[nH]1)[C@@H]1CCCN(C(C)=O)C1. The van der Waals surface area contributed by atoms with Gasteiger partial charge in [0.2, 0.25) is 5.91 Å². The van der Waals surface area contributed by atoms with E-state index in [1.165, 1.54) is 6.26 Å². The highest BCUT2D eigenvalue weighted by atomic mass is 16.5. The number of aromatic nitrogens is 2. The third-order valence-electron chi connectivity index (χ3n) is 5.84. The van der Waals surface area contributed by atoms with Crippen LogP contribution in [0, 0.1) is 0 Å². The highest BCUT2D eigenvalue weighted by Gasteiger charge is 2.28. The van der Waals surface area contributed by atoms with Gasteiger partial charge in [0.25, 0.3) is 0 Å². The van der Waals surface area contributed by atoms with Crippen molar-refractivity contribution in [1.82, 2.24) is 25.3 Å². The van der Waals surface area contributed by atoms with Crippen LogP contribution < -0.4 is 10.1 Å². The average Bonchev–Trinajstić information content (AvgIpc) is 3.46. The van der Waals surface area contributed by atoms with E-state index in [0.29, 0.717) is 26.2 Å². The molecule has 0 radical (unpaired) electrons. The molecule has 4 rings (SSSR count). The Morgan fingerprint density at radius 3 is 2.97 bits per heavy atom. The molecule has 0 bridgehead atoms. The Kier molecular flexibility index (Phi) is 6.63. The van der Waals surface area contributed by atoms with Gasteiger partial charge in [0.05, 0.1) is 12.6 Å². The maximum Gasteiger partial charge on any atom is 0.318 e. The molecule has 1 aliphatic heterocycles. The summed E-state index contributed by atoms with van der Waals surface area (Å²) < 4.78 is 10.6. The van der Waals surface area contributed by atoms with Gasteiger partial charge >= 0.3 is 6.03 Å². The molecule has 3 heterocycles. The van der Waals surface area contributed by atoms with Crippen molar-refractivity contribution in [2.24, 2.45) is 0 Å². The zero-order valence-corrected chi connectivity index (χ0v) is 18.5. The number of likely N-dealkylation sites (N-methyl/N-ethyl adjacent to an activating group) is 1. The fourth-order valence-electron chi connectivity index (χ4n) is 4.16. The molecule has 1 atom stereocenters. The largest absolute Gasteiger partial charge is 0.487 e. The summed E-state index contributed by atoms with van der Waals surface area (Å²) in [4.78, 5) is 31.6. The highest BCUT2D eigenvalue weighted by molar-refractivity contribution is 5.82. The first-order chi connectivity index (χ1) is 15.5. The Balaban J connectivity index is 1.35. The number of urea groups is 1. The molecule has 0 spiro atoms. The predicted octanol–water partition coefficient (Wildman–Crippen LogP) is 3.28.